The van der Waals surface area contributed by atoms with Gasteiger partial charge in [0.2, 0.25) is 6.33 Å². The Morgan fingerprint density at radius 1 is 1.08 bits per heavy atom. The molecule has 1 aliphatic heterocycles. The zero-order chi connectivity index (χ0) is 18.9. The third-order valence-corrected chi connectivity index (χ3v) is 5.25. The van der Waals surface area contributed by atoms with Crippen LogP contribution >= 0.6 is 0 Å². The fourth-order valence-electron chi connectivity index (χ4n) is 4.05. The third kappa shape index (κ3) is 4.34. The summed E-state index contributed by atoms with van der Waals surface area (Å²) in [6, 6.07) is 8.59. The largest absolute Gasteiger partial charge is 0.373 e. The maximum atomic E-state index is 12.4. The highest BCUT2D eigenvalue weighted by molar-refractivity contribution is 5.22. The number of hydroxylamine groups is 2. The van der Waals surface area contributed by atoms with Gasteiger partial charge < -0.3 is 4.74 Å². The second-order valence-electron chi connectivity index (χ2n) is 8.83. The van der Waals surface area contributed by atoms with Crippen molar-refractivity contribution in [3.8, 4) is 0 Å². The molecule has 2 heterocycles. The molecule has 0 N–H and O–H groups in total. The molecule has 1 fully saturated rings. The van der Waals surface area contributed by atoms with Gasteiger partial charge in [0.15, 0.2) is 0 Å². The predicted octanol–water partition coefficient (Wildman–Crippen LogP) is 3.24. The van der Waals surface area contributed by atoms with Gasteiger partial charge in [0, 0.05) is 11.1 Å². The van der Waals surface area contributed by atoms with Gasteiger partial charge in [-0.2, -0.15) is 0 Å². The summed E-state index contributed by atoms with van der Waals surface area (Å²) >= 11 is 0. The fourth-order valence-corrected chi connectivity index (χ4v) is 4.05. The van der Waals surface area contributed by atoms with E-state index >= 15 is 0 Å². The Hall–Kier alpha value is -1.69. The van der Waals surface area contributed by atoms with Crippen molar-refractivity contribution in [3.63, 3.8) is 0 Å². The van der Waals surface area contributed by atoms with Crippen LogP contribution in [0, 0.1) is 0 Å². The molecule has 0 bridgehead atoms. The molecule has 1 aromatic heterocycles. The lowest BCUT2D eigenvalue weighted by atomic mass is 9.80. The van der Waals surface area contributed by atoms with Crippen molar-refractivity contribution in [2.24, 2.45) is 7.05 Å². The molecule has 1 radical (unpaired) electrons. The zero-order valence-corrected chi connectivity index (χ0v) is 16.6. The number of rotatable bonds is 5. The molecule has 0 amide bonds. The minimum absolute atomic E-state index is 0.116. The van der Waals surface area contributed by atoms with Crippen LogP contribution in [0.1, 0.15) is 51.7 Å². The first kappa shape index (κ1) is 19.1. The first-order valence-electron chi connectivity index (χ1n) is 9.34. The molecule has 5 nitrogen and oxygen atoms in total. The molecule has 141 valence electrons. The number of piperidine rings is 1. The van der Waals surface area contributed by atoms with Crippen LogP contribution in [0.4, 0.5) is 0 Å². The Labute approximate surface area is 156 Å². The van der Waals surface area contributed by atoms with Crippen molar-refractivity contribution in [1.29, 1.82) is 0 Å². The highest BCUT2D eigenvalue weighted by Gasteiger charge is 2.46. The first-order chi connectivity index (χ1) is 12.2. The second kappa shape index (κ2) is 7.14. The predicted molar refractivity (Wildman–Crippen MR) is 99.6 cm³/mol. The van der Waals surface area contributed by atoms with Gasteiger partial charge in [0.1, 0.15) is 18.9 Å². The summed E-state index contributed by atoms with van der Waals surface area (Å²) in [5.74, 6) is 0. The SMILES string of the molecule is C[n+]1ccn(Cc2ccc(COC3CC(C)(C)N([O])C(C)(C)C3)cc2)c1. The minimum Gasteiger partial charge on any atom is -0.373 e. The van der Waals surface area contributed by atoms with Gasteiger partial charge in [-0.25, -0.2) is 9.13 Å². The van der Waals surface area contributed by atoms with Crippen LogP contribution in [0.25, 0.3) is 0 Å². The summed E-state index contributed by atoms with van der Waals surface area (Å²) in [6.45, 7) is 9.49. The topological polar surface area (TPSA) is 41.2 Å². The van der Waals surface area contributed by atoms with Gasteiger partial charge in [-0.1, -0.05) is 24.3 Å². The van der Waals surface area contributed by atoms with E-state index < -0.39 is 0 Å². The quantitative estimate of drug-likeness (QED) is 0.771. The summed E-state index contributed by atoms with van der Waals surface area (Å²) in [7, 11) is 2.02. The van der Waals surface area contributed by atoms with Crippen molar-refractivity contribution in [2.75, 3.05) is 0 Å². The van der Waals surface area contributed by atoms with Gasteiger partial charge in [0.05, 0.1) is 19.8 Å². The Kier molecular flexibility index (Phi) is 5.24. The van der Waals surface area contributed by atoms with Crippen LogP contribution in [0.2, 0.25) is 0 Å². The Balaban J connectivity index is 1.56. The average Bonchev–Trinajstić information content (AvgIpc) is 2.96. The molecule has 0 unspecified atom stereocenters. The molecule has 0 spiro atoms. The zero-order valence-electron chi connectivity index (χ0n) is 16.6. The number of hydrogen-bond acceptors (Lipinski definition) is 2. The lowest BCUT2D eigenvalue weighted by molar-refractivity contribution is -0.671. The molecule has 5 heteroatoms. The second-order valence-corrected chi connectivity index (χ2v) is 8.83. The standard InChI is InChI=1S/C21H31N3O2/c1-20(2)12-19(13-21(3,4)24(20)25)26-15-18-8-6-17(7-9-18)14-23-11-10-22(5)16-23/h6-11,16,19H,12-15H2,1-5H3/q+1. The van der Waals surface area contributed by atoms with Gasteiger partial charge in [-0.3, -0.25) is 0 Å². The van der Waals surface area contributed by atoms with Crippen LogP contribution in [0.15, 0.2) is 43.0 Å². The molecule has 0 saturated carbocycles. The highest BCUT2D eigenvalue weighted by Crippen LogP contribution is 2.38. The van der Waals surface area contributed by atoms with Crippen LogP contribution in [0.3, 0.4) is 0 Å². The van der Waals surface area contributed by atoms with Gasteiger partial charge in [0.25, 0.3) is 0 Å². The average molecular weight is 357 g/mol. The molecular weight excluding hydrogens is 326 g/mol. The molecule has 1 aliphatic rings. The van der Waals surface area contributed by atoms with Crippen molar-refractivity contribution in [1.82, 2.24) is 9.63 Å². The molecule has 0 aliphatic carbocycles. The smallest absolute Gasteiger partial charge is 0.243 e. The number of ether oxygens (including phenoxy) is 1. The summed E-state index contributed by atoms with van der Waals surface area (Å²) in [5, 5.41) is 13.7. The Morgan fingerprint density at radius 2 is 1.65 bits per heavy atom. The lowest BCUT2D eigenvalue weighted by Gasteiger charge is -2.49. The first-order valence-corrected chi connectivity index (χ1v) is 9.34. The number of aromatic nitrogens is 2. The highest BCUT2D eigenvalue weighted by atomic mass is 16.5. The molecule has 2 aromatic rings. The number of imidazole rings is 1. The van der Waals surface area contributed by atoms with Crippen molar-refractivity contribution in [2.45, 2.75) is 70.9 Å². The van der Waals surface area contributed by atoms with Gasteiger partial charge in [-0.15, -0.1) is 10.3 Å². The molecule has 1 saturated heterocycles. The van der Waals surface area contributed by atoms with Crippen LogP contribution < -0.4 is 4.57 Å². The molecular formula is C21H31N3O2+. The van der Waals surface area contributed by atoms with E-state index in [1.807, 2.05) is 45.5 Å². The van der Waals surface area contributed by atoms with E-state index in [1.165, 1.54) is 16.2 Å². The fraction of sp³-hybridized carbons (Fsp3) is 0.571. The van der Waals surface area contributed by atoms with E-state index in [-0.39, 0.29) is 17.2 Å². The molecule has 1 aromatic carbocycles. The normalized spacial score (nSPS) is 20.4. The number of benzene rings is 1. The maximum Gasteiger partial charge on any atom is 0.243 e. The number of hydrogen-bond donors (Lipinski definition) is 0. The van der Waals surface area contributed by atoms with Crippen LogP contribution in [-0.2, 0) is 30.1 Å². The summed E-state index contributed by atoms with van der Waals surface area (Å²) in [5.41, 5.74) is 1.67. The van der Waals surface area contributed by atoms with E-state index in [2.05, 4.69) is 41.4 Å². The van der Waals surface area contributed by atoms with Gasteiger partial charge in [-0.05, 0) is 51.7 Å². The van der Waals surface area contributed by atoms with E-state index in [4.69, 9.17) is 4.74 Å². The number of nitrogens with zero attached hydrogens (tertiary/aromatic N) is 3. The lowest BCUT2D eigenvalue weighted by Crippen LogP contribution is -2.59. The van der Waals surface area contributed by atoms with Crippen molar-refractivity contribution in [3.05, 3.63) is 54.1 Å². The molecule has 26 heavy (non-hydrogen) atoms. The van der Waals surface area contributed by atoms with E-state index in [0.717, 1.165) is 19.4 Å². The maximum absolute atomic E-state index is 12.4. The van der Waals surface area contributed by atoms with E-state index in [9.17, 15) is 5.21 Å². The third-order valence-electron chi connectivity index (χ3n) is 5.25. The Morgan fingerprint density at radius 3 is 2.19 bits per heavy atom. The summed E-state index contributed by atoms with van der Waals surface area (Å²) in [4.78, 5) is 0. The van der Waals surface area contributed by atoms with E-state index in [0.29, 0.717) is 6.61 Å². The van der Waals surface area contributed by atoms with Crippen molar-refractivity contribution < 1.29 is 14.5 Å². The van der Waals surface area contributed by atoms with Crippen LogP contribution in [0.5, 0.6) is 0 Å². The molecule has 0 atom stereocenters. The van der Waals surface area contributed by atoms with Crippen LogP contribution in [-0.4, -0.2) is 26.8 Å². The monoisotopic (exact) mass is 357 g/mol. The van der Waals surface area contributed by atoms with Gasteiger partial charge >= 0.3 is 0 Å². The Bertz CT molecular complexity index is 716. The summed E-state index contributed by atoms with van der Waals surface area (Å²) < 4.78 is 10.4. The number of aryl methyl sites for hydroxylation is 1. The van der Waals surface area contributed by atoms with Crippen molar-refractivity contribution >= 4 is 0 Å². The molecule has 3 rings (SSSR count). The summed E-state index contributed by atoms with van der Waals surface area (Å²) in [6.07, 6.45) is 7.83. The minimum atomic E-state index is -0.386. The van der Waals surface area contributed by atoms with E-state index in [1.54, 1.807) is 0 Å².